The molecule has 24 heavy (non-hydrogen) atoms. The summed E-state index contributed by atoms with van der Waals surface area (Å²) in [6.45, 7) is 1.87. The van der Waals surface area contributed by atoms with Gasteiger partial charge in [-0.2, -0.15) is 0 Å². The predicted octanol–water partition coefficient (Wildman–Crippen LogP) is 3.25. The van der Waals surface area contributed by atoms with Crippen molar-refractivity contribution in [2.45, 2.75) is 13.0 Å². The van der Waals surface area contributed by atoms with Gasteiger partial charge < -0.3 is 15.0 Å². The third-order valence-corrected chi connectivity index (χ3v) is 3.91. The number of benzene rings is 1. The molecule has 0 radical (unpaired) electrons. The summed E-state index contributed by atoms with van der Waals surface area (Å²) in [5, 5.41) is 3.07. The van der Waals surface area contributed by atoms with E-state index in [2.05, 4.69) is 15.3 Å². The highest BCUT2D eigenvalue weighted by molar-refractivity contribution is 5.95. The van der Waals surface area contributed by atoms with Crippen LogP contribution in [-0.2, 0) is 0 Å². The summed E-state index contributed by atoms with van der Waals surface area (Å²) < 4.78 is 5.46. The number of ether oxygens (including phenoxy) is 1. The number of hydrogen-bond acceptors (Lipinski definition) is 3. The van der Waals surface area contributed by atoms with Gasteiger partial charge in [0.15, 0.2) is 0 Å². The molecule has 3 rings (SSSR count). The second kappa shape index (κ2) is 7.00. The topological polar surface area (TPSA) is 67.0 Å². The number of carbonyl (C=O) groups excluding carboxylic acids is 1. The number of nitrogens with one attached hydrogen (secondary N) is 2. The summed E-state index contributed by atoms with van der Waals surface area (Å²) in [6.07, 6.45) is 3.47. The molecule has 1 amide bonds. The lowest BCUT2D eigenvalue weighted by Crippen LogP contribution is -2.30. The number of aromatic amines is 1. The van der Waals surface area contributed by atoms with E-state index in [9.17, 15) is 4.79 Å². The van der Waals surface area contributed by atoms with Gasteiger partial charge in [-0.05, 0) is 31.2 Å². The highest BCUT2D eigenvalue weighted by Gasteiger charge is 2.22. The lowest BCUT2D eigenvalue weighted by Gasteiger charge is -2.21. The minimum absolute atomic E-state index is 0.157. The lowest BCUT2D eigenvalue weighted by atomic mass is 10.0. The molecule has 0 spiro atoms. The molecule has 3 aromatic rings. The van der Waals surface area contributed by atoms with Crippen LogP contribution < -0.4 is 10.1 Å². The fourth-order valence-corrected chi connectivity index (χ4v) is 2.67. The largest absolute Gasteiger partial charge is 0.496 e. The number of aromatic nitrogens is 2. The minimum atomic E-state index is -0.399. The molecule has 5 heteroatoms. The average Bonchev–Trinajstić information content (AvgIpc) is 3.06. The van der Waals surface area contributed by atoms with E-state index in [-0.39, 0.29) is 5.91 Å². The number of para-hydroxylation sites is 1. The predicted molar refractivity (Wildman–Crippen MR) is 92.1 cm³/mol. The number of H-pyrrole nitrogens is 1. The summed E-state index contributed by atoms with van der Waals surface area (Å²) in [4.78, 5) is 20.1. The molecular formula is C19H19N3O2. The maximum absolute atomic E-state index is 12.7. The molecule has 0 aliphatic carbocycles. The number of methoxy groups -OCH3 is 1. The van der Waals surface area contributed by atoms with Crippen LogP contribution in [0.25, 0.3) is 0 Å². The maximum Gasteiger partial charge on any atom is 0.253 e. The van der Waals surface area contributed by atoms with Crippen LogP contribution in [0.5, 0.6) is 5.75 Å². The van der Waals surface area contributed by atoms with Gasteiger partial charge in [-0.3, -0.25) is 9.78 Å². The molecule has 2 N–H and O–H groups in total. The molecule has 0 bridgehead atoms. The quantitative estimate of drug-likeness (QED) is 0.758. The molecule has 0 unspecified atom stereocenters. The van der Waals surface area contributed by atoms with Crippen molar-refractivity contribution in [1.29, 1.82) is 0 Å². The van der Waals surface area contributed by atoms with Crippen LogP contribution in [0, 0.1) is 6.92 Å². The van der Waals surface area contributed by atoms with E-state index in [1.165, 1.54) is 0 Å². The molecule has 122 valence electrons. The van der Waals surface area contributed by atoms with Gasteiger partial charge in [0.1, 0.15) is 11.8 Å². The molecule has 2 aromatic heterocycles. The van der Waals surface area contributed by atoms with Gasteiger partial charge in [0.05, 0.1) is 18.4 Å². The van der Waals surface area contributed by atoms with Gasteiger partial charge in [0, 0.05) is 23.7 Å². The fourth-order valence-electron chi connectivity index (χ4n) is 2.67. The Kier molecular flexibility index (Phi) is 4.61. The Bertz CT molecular complexity index is 827. The third kappa shape index (κ3) is 3.15. The van der Waals surface area contributed by atoms with Crippen molar-refractivity contribution in [2.75, 3.05) is 7.11 Å². The van der Waals surface area contributed by atoms with Crippen LogP contribution in [-0.4, -0.2) is 23.0 Å². The summed E-state index contributed by atoms with van der Waals surface area (Å²) >= 11 is 0. The van der Waals surface area contributed by atoms with Crippen molar-refractivity contribution >= 4 is 5.91 Å². The molecule has 2 heterocycles. The van der Waals surface area contributed by atoms with E-state index in [1.807, 2.05) is 49.4 Å². The number of nitrogens with zero attached hydrogens (tertiary/aromatic N) is 1. The van der Waals surface area contributed by atoms with Crippen molar-refractivity contribution in [3.8, 4) is 5.75 Å². The second-order valence-corrected chi connectivity index (χ2v) is 5.42. The van der Waals surface area contributed by atoms with E-state index in [1.54, 1.807) is 25.6 Å². The highest BCUT2D eigenvalue weighted by Crippen LogP contribution is 2.29. The Morgan fingerprint density at radius 1 is 1.17 bits per heavy atom. The monoisotopic (exact) mass is 321 g/mol. The van der Waals surface area contributed by atoms with Gasteiger partial charge >= 0.3 is 0 Å². The number of amides is 1. The van der Waals surface area contributed by atoms with Crippen LogP contribution >= 0.6 is 0 Å². The number of rotatable bonds is 5. The van der Waals surface area contributed by atoms with Crippen molar-refractivity contribution in [1.82, 2.24) is 15.3 Å². The SMILES string of the molecule is COc1ccccc1[C@@H](NC(=O)c1cc[nH]c1C)c1ccccn1. The normalized spacial score (nSPS) is 11.8. The van der Waals surface area contributed by atoms with E-state index < -0.39 is 6.04 Å². The second-order valence-electron chi connectivity index (χ2n) is 5.42. The van der Waals surface area contributed by atoms with Gasteiger partial charge in [0.25, 0.3) is 5.91 Å². The zero-order chi connectivity index (χ0) is 16.9. The number of aryl methyl sites for hydroxylation is 1. The smallest absolute Gasteiger partial charge is 0.253 e. The Labute approximate surface area is 140 Å². The van der Waals surface area contributed by atoms with E-state index in [4.69, 9.17) is 4.74 Å². The zero-order valence-electron chi connectivity index (χ0n) is 13.6. The van der Waals surface area contributed by atoms with Gasteiger partial charge in [-0.15, -0.1) is 0 Å². The molecule has 0 saturated heterocycles. The van der Waals surface area contributed by atoms with Crippen molar-refractivity contribution < 1.29 is 9.53 Å². The van der Waals surface area contributed by atoms with Crippen LogP contribution in [0.15, 0.2) is 60.9 Å². The first-order chi connectivity index (χ1) is 11.7. The minimum Gasteiger partial charge on any atom is -0.496 e. The van der Waals surface area contributed by atoms with Crippen LogP contribution in [0.1, 0.15) is 33.4 Å². The van der Waals surface area contributed by atoms with Crippen LogP contribution in [0.4, 0.5) is 0 Å². The third-order valence-electron chi connectivity index (χ3n) is 3.91. The maximum atomic E-state index is 12.7. The zero-order valence-corrected chi connectivity index (χ0v) is 13.6. The Balaban J connectivity index is 2.00. The average molecular weight is 321 g/mol. The lowest BCUT2D eigenvalue weighted by molar-refractivity contribution is 0.0941. The molecule has 5 nitrogen and oxygen atoms in total. The first-order valence-corrected chi connectivity index (χ1v) is 7.69. The Morgan fingerprint density at radius 2 is 1.96 bits per heavy atom. The molecular weight excluding hydrogens is 302 g/mol. The first-order valence-electron chi connectivity index (χ1n) is 7.69. The standard InChI is InChI=1S/C19H19N3O2/c1-13-14(10-12-20-13)19(23)22-18(16-8-5-6-11-21-16)15-7-3-4-9-17(15)24-2/h3-12,18,20H,1-2H3,(H,22,23)/t18-/m1/s1. The van der Waals surface area contributed by atoms with Gasteiger partial charge in [0.2, 0.25) is 0 Å². The van der Waals surface area contributed by atoms with Crippen LogP contribution in [0.3, 0.4) is 0 Å². The number of carbonyl (C=O) groups is 1. The summed E-state index contributed by atoms with van der Waals surface area (Å²) in [7, 11) is 1.62. The number of hydrogen-bond donors (Lipinski definition) is 2. The van der Waals surface area contributed by atoms with Crippen LogP contribution in [0.2, 0.25) is 0 Å². The Hall–Kier alpha value is -3.08. The summed E-state index contributed by atoms with van der Waals surface area (Å²) in [5.74, 6) is 0.551. The van der Waals surface area contributed by atoms with E-state index in [0.29, 0.717) is 11.3 Å². The molecule has 0 aliphatic rings. The molecule has 1 atom stereocenters. The molecule has 0 aliphatic heterocycles. The number of pyridine rings is 1. The molecule has 1 aromatic carbocycles. The van der Waals surface area contributed by atoms with Gasteiger partial charge in [-0.25, -0.2) is 0 Å². The summed E-state index contributed by atoms with van der Waals surface area (Å²) in [5.41, 5.74) is 3.06. The highest BCUT2D eigenvalue weighted by atomic mass is 16.5. The summed E-state index contributed by atoms with van der Waals surface area (Å²) in [6, 6.07) is 14.6. The van der Waals surface area contributed by atoms with Gasteiger partial charge in [-0.1, -0.05) is 24.3 Å². The van der Waals surface area contributed by atoms with Crippen molar-refractivity contribution in [3.05, 3.63) is 83.4 Å². The molecule has 0 saturated carbocycles. The Morgan fingerprint density at radius 3 is 2.62 bits per heavy atom. The van der Waals surface area contributed by atoms with E-state index >= 15 is 0 Å². The van der Waals surface area contributed by atoms with Crippen molar-refractivity contribution in [3.63, 3.8) is 0 Å². The molecule has 0 fully saturated rings. The first kappa shape index (κ1) is 15.8. The van der Waals surface area contributed by atoms with Crippen molar-refractivity contribution in [2.24, 2.45) is 0 Å². The fraction of sp³-hybridized carbons (Fsp3) is 0.158. The van der Waals surface area contributed by atoms with E-state index in [0.717, 1.165) is 17.0 Å².